The summed E-state index contributed by atoms with van der Waals surface area (Å²) in [5, 5.41) is 4.03. The van der Waals surface area contributed by atoms with Gasteiger partial charge < -0.3 is 5.32 Å². The highest BCUT2D eigenvalue weighted by Gasteiger charge is 2.15. The molecule has 2 aromatic carbocycles. The molecule has 0 aliphatic rings. The van der Waals surface area contributed by atoms with E-state index in [2.05, 4.69) is 10.3 Å². The minimum Gasteiger partial charge on any atom is -0.320 e. The van der Waals surface area contributed by atoms with Crippen LogP contribution in [0.5, 0.6) is 0 Å². The second-order valence-corrected chi connectivity index (χ2v) is 7.43. The summed E-state index contributed by atoms with van der Waals surface area (Å²) < 4.78 is 0. The average molecular weight is 424 g/mol. The molecule has 3 aromatic rings. The van der Waals surface area contributed by atoms with Crippen LogP contribution in [0.15, 0.2) is 59.6 Å². The van der Waals surface area contributed by atoms with Gasteiger partial charge in [-0.1, -0.05) is 46.9 Å². The third-order valence-electron chi connectivity index (χ3n) is 3.65. The predicted molar refractivity (Wildman–Crippen MR) is 111 cm³/mol. The van der Waals surface area contributed by atoms with E-state index in [4.69, 9.17) is 34.8 Å². The van der Waals surface area contributed by atoms with Crippen molar-refractivity contribution in [2.24, 2.45) is 0 Å². The fourth-order valence-electron chi connectivity index (χ4n) is 2.41. The summed E-state index contributed by atoms with van der Waals surface area (Å²) in [6.45, 7) is 0. The number of nitrogens with zero attached hydrogens (tertiary/aromatic N) is 1. The zero-order chi connectivity index (χ0) is 18.7. The molecule has 1 N–H and O–H groups in total. The van der Waals surface area contributed by atoms with Gasteiger partial charge in [-0.3, -0.25) is 9.78 Å². The smallest absolute Gasteiger partial charge is 0.258 e. The Bertz CT molecular complexity index is 941. The summed E-state index contributed by atoms with van der Waals surface area (Å²) >= 11 is 19.8. The van der Waals surface area contributed by atoms with Crippen molar-refractivity contribution in [1.82, 2.24) is 4.98 Å². The van der Waals surface area contributed by atoms with Crippen LogP contribution in [-0.2, 0) is 0 Å². The number of hydrogen-bond acceptors (Lipinski definition) is 3. The van der Waals surface area contributed by atoms with Crippen LogP contribution in [0.4, 0.5) is 5.69 Å². The van der Waals surface area contributed by atoms with Crippen LogP contribution in [0, 0.1) is 0 Å². The molecule has 26 heavy (non-hydrogen) atoms. The molecule has 0 aliphatic carbocycles. The van der Waals surface area contributed by atoms with Gasteiger partial charge in [0.2, 0.25) is 0 Å². The van der Waals surface area contributed by atoms with Crippen molar-refractivity contribution in [3.8, 4) is 11.3 Å². The van der Waals surface area contributed by atoms with Crippen molar-refractivity contribution >= 4 is 58.2 Å². The fourth-order valence-corrected chi connectivity index (χ4v) is 3.86. The largest absolute Gasteiger partial charge is 0.320 e. The molecular formula is C19H13Cl3N2OS. The van der Waals surface area contributed by atoms with Crippen molar-refractivity contribution in [3.63, 3.8) is 0 Å². The lowest BCUT2D eigenvalue weighted by molar-refractivity contribution is 0.102. The Kier molecular flexibility index (Phi) is 6.09. The van der Waals surface area contributed by atoms with E-state index in [0.29, 0.717) is 20.8 Å². The molecule has 132 valence electrons. The van der Waals surface area contributed by atoms with E-state index in [1.165, 1.54) is 0 Å². The molecule has 0 spiro atoms. The van der Waals surface area contributed by atoms with Gasteiger partial charge >= 0.3 is 0 Å². The van der Waals surface area contributed by atoms with Crippen molar-refractivity contribution in [2.45, 2.75) is 4.90 Å². The number of hydrogen-bond donors (Lipinski definition) is 1. The molecule has 3 rings (SSSR count). The number of pyridine rings is 1. The van der Waals surface area contributed by atoms with E-state index >= 15 is 0 Å². The Morgan fingerprint density at radius 2 is 1.77 bits per heavy atom. The molecule has 0 saturated carbocycles. The average Bonchev–Trinajstić information content (AvgIpc) is 2.62. The van der Waals surface area contributed by atoms with Crippen molar-refractivity contribution in [1.29, 1.82) is 0 Å². The van der Waals surface area contributed by atoms with E-state index < -0.39 is 0 Å². The predicted octanol–water partition coefficient (Wildman–Crippen LogP) is 6.68. The number of aromatic nitrogens is 1. The lowest BCUT2D eigenvalue weighted by Gasteiger charge is -2.10. The number of carbonyl (C=O) groups is 1. The quantitative estimate of drug-likeness (QED) is 0.476. The summed E-state index contributed by atoms with van der Waals surface area (Å²) in [4.78, 5) is 17.9. The highest BCUT2D eigenvalue weighted by Crippen LogP contribution is 2.32. The molecular weight excluding hydrogens is 411 g/mol. The number of amides is 1. The van der Waals surface area contributed by atoms with E-state index in [0.717, 1.165) is 16.2 Å². The minimum atomic E-state index is -0.383. The number of rotatable bonds is 4. The van der Waals surface area contributed by atoms with Crippen LogP contribution < -0.4 is 5.32 Å². The molecule has 1 amide bonds. The zero-order valence-electron chi connectivity index (χ0n) is 13.6. The van der Waals surface area contributed by atoms with Crippen LogP contribution >= 0.6 is 46.6 Å². The molecule has 0 bridgehead atoms. The molecule has 7 heteroatoms. The van der Waals surface area contributed by atoms with E-state index in [1.807, 2.05) is 30.5 Å². The molecule has 0 radical (unpaired) electrons. The van der Waals surface area contributed by atoms with Crippen LogP contribution in [0.3, 0.4) is 0 Å². The number of anilines is 1. The molecule has 1 heterocycles. The van der Waals surface area contributed by atoms with Crippen LogP contribution in [0.2, 0.25) is 15.1 Å². The maximum absolute atomic E-state index is 12.4. The van der Waals surface area contributed by atoms with Gasteiger partial charge in [-0.2, -0.15) is 0 Å². The first-order valence-corrected chi connectivity index (χ1v) is 9.91. The van der Waals surface area contributed by atoms with Crippen molar-refractivity contribution < 1.29 is 4.79 Å². The zero-order valence-corrected chi connectivity index (χ0v) is 16.7. The van der Waals surface area contributed by atoms with Crippen LogP contribution in [0.25, 0.3) is 11.3 Å². The summed E-state index contributed by atoms with van der Waals surface area (Å²) in [5.74, 6) is -0.383. The van der Waals surface area contributed by atoms with E-state index in [1.54, 1.807) is 42.2 Å². The van der Waals surface area contributed by atoms with Gasteiger partial charge in [0.25, 0.3) is 5.91 Å². The van der Waals surface area contributed by atoms with Crippen LogP contribution in [0.1, 0.15) is 10.4 Å². The topological polar surface area (TPSA) is 42.0 Å². The molecule has 0 saturated heterocycles. The normalized spacial score (nSPS) is 10.6. The maximum Gasteiger partial charge on any atom is 0.258 e. The summed E-state index contributed by atoms with van der Waals surface area (Å²) in [5.41, 5.74) is 2.56. The Labute approximate surface area is 170 Å². The van der Waals surface area contributed by atoms with E-state index in [-0.39, 0.29) is 11.5 Å². The van der Waals surface area contributed by atoms with Gasteiger partial charge in [0.15, 0.2) is 0 Å². The summed E-state index contributed by atoms with van der Waals surface area (Å²) in [6.07, 6.45) is 3.58. The summed E-state index contributed by atoms with van der Waals surface area (Å²) in [7, 11) is 0. The Morgan fingerprint density at radius 1 is 1.04 bits per heavy atom. The SMILES string of the molecule is CSc1cc(Cl)ccc1-c1ccc(NC(=O)c2c(Cl)cccc2Cl)cn1. The molecule has 3 nitrogen and oxygen atoms in total. The van der Waals surface area contributed by atoms with Crippen molar-refractivity contribution in [2.75, 3.05) is 11.6 Å². The first-order chi connectivity index (χ1) is 12.5. The standard InChI is InChI=1S/C19H13Cl3N2OS/c1-26-17-9-11(20)5-7-13(17)16-8-6-12(10-23-16)24-19(25)18-14(21)3-2-4-15(18)22/h2-10H,1H3,(H,24,25). The maximum atomic E-state index is 12.4. The second kappa shape index (κ2) is 8.31. The molecule has 0 atom stereocenters. The highest BCUT2D eigenvalue weighted by molar-refractivity contribution is 7.98. The Hall–Kier alpha value is -1.72. The Balaban J connectivity index is 1.83. The van der Waals surface area contributed by atoms with Gasteiger partial charge in [0.1, 0.15) is 0 Å². The third kappa shape index (κ3) is 4.15. The number of thioether (sulfide) groups is 1. The molecule has 0 aliphatic heterocycles. The number of nitrogens with one attached hydrogen (secondary N) is 1. The second-order valence-electron chi connectivity index (χ2n) is 5.33. The summed E-state index contributed by atoms with van der Waals surface area (Å²) in [6, 6.07) is 14.2. The third-order valence-corrected chi connectivity index (χ3v) is 5.29. The van der Waals surface area contributed by atoms with Gasteiger partial charge in [-0.25, -0.2) is 0 Å². The lowest BCUT2D eigenvalue weighted by Crippen LogP contribution is -2.13. The number of benzene rings is 2. The number of halogens is 3. The lowest BCUT2D eigenvalue weighted by atomic mass is 10.1. The van der Waals surface area contributed by atoms with Gasteiger partial charge in [0.05, 0.1) is 33.2 Å². The Morgan fingerprint density at radius 3 is 2.38 bits per heavy atom. The number of carbonyl (C=O) groups excluding carboxylic acids is 1. The van der Waals surface area contributed by atoms with Crippen LogP contribution in [-0.4, -0.2) is 17.1 Å². The highest BCUT2D eigenvalue weighted by atomic mass is 35.5. The fraction of sp³-hybridized carbons (Fsp3) is 0.0526. The van der Waals surface area contributed by atoms with Gasteiger partial charge in [0, 0.05) is 15.5 Å². The molecule has 0 fully saturated rings. The van der Waals surface area contributed by atoms with Crippen molar-refractivity contribution in [3.05, 3.63) is 75.4 Å². The monoisotopic (exact) mass is 422 g/mol. The molecule has 1 aromatic heterocycles. The molecule has 0 unspecified atom stereocenters. The first-order valence-electron chi connectivity index (χ1n) is 7.55. The van der Waals surface area contributed by atoms with Gasteiger partial charge in [-0.05, 0) is 42.7 Å². The first kappa shape index (κ1) is 19.1. The minimum absolute atomic E-state index is 0.238. The van der Waals surface area contributed by atoms with E-state index in [9.17, 15) is 4.79 Å². The van der Waals surface area contributed by atoms with Gasteiger partial charge in [-0.15, -0.1) is 11.8 Å².